The van der Waals surface area contributed by atoms with E-state index < -0.39 is 6.10 Å². The number of aliphatic imine (C=N–C) groups is 1. The molecule has 2 heterocycles. The van der Waals surface area contributed by atoms with E-state index in [-0.39, 0.29) is 30.0 Å². The van der Waals surface area contributed by atoms with Crippen molar-refractivity contribution in [1.82, 2.24) is 15.5 Å². The first-order valence-electron chi connectivity index (χ1n) is 10.3. The Kier molecular flexibility index (Phi) is 10.5. The fourth-order valence-corrected chi connectivity index (χ4v) is 3.61. The van der Waals surface area contributed by atoms with E-state index in [1.807, 2.05) is 42.5 Å². The highest BCUT2D eigenvalue weighted by molar-refractivity contribution is 14.0. The molecule has 2 atom stereocenters. The van der Waals surface area contributed by atoms with Gasteiger partial charge in [0.05, 0.1) is 25.0 Å². The van der Waals surface area contributed by atoms with Gasteiger partial charge in [-0.15, -0.1) is 24.0 Å². The topological polar surface area (TPSA) is 73.0 Å². The number of benzene rings is 1. The highest BCUT2D eigenvalue weighted by Crippen LogP contribution is 2.25. The molecule has 7 heteroatoms. The quantitative estimate of drug-likeness (QED) is 0.272. The average Bonchev–Trinajstić information content (AvgIpc) is 3.43. The van der Waals surface area contributed by atoms with Crippen molar-refractivity contribution in [3.63, 3.8) is 0 Å². The van der Waals surface area contributed by atoms with Crippen molar-refractivity contribution in [2.45, 2.75) is 38.3 Å². The Hall–Kier alpha value is -1.58. The molecular formula is C22H33IN4O2. The van der Waals surface area contributed by atoms with Crippen LogP contribution in [0.5, 0.6) is 0 Å². The second-order valence-corrected chi connectivity index (χ2v) is 7.14. The summed E-state index contributed by atoms with van der Waals surface area (Å²) in [5, 5.41) is 17.0. The fraction of sp³-hybridized carbons (Fsp3) is 0.500. The van der Waals surface area contributed by atoms with Crippen molar-refractivity contribution < 1.29 is 9.52 Å². The van der Waals surface area contributed by atoms with Gasteiger partial charge >= 0.3 is 0 Å². The van der Waals surface area contributed by atoms with Crippen LogP contribution in [0.1, 0.15) is 49.7 Å². The number of nitrogens with zero attached hydrogens (tertiary/aromatic N) is 2. The maximum Gasteiger partial charge on any atom is 0.191 e. The highest BCUT2D eigenvalue weighted by Gasteiger charge is 2.25. The van der Waals surface area contributed by atoms with Gasteiger partial charge in [0.25, 0.3) is 0 Å². The van der Waals surface area contributed by atoms with Gasteiger partial charge in [-0.2, -0.15) is 0 Å². The monoisotopic (exact) mass is 512 g/mol. The number of aliphatic hydroxyl groups is 1. The van der Waals surface area contributed by atoms with Crippen LogP contribution in [0.15, 0.2) is 58.1 Å². The third-order valence-electron chi connectivity index (χ3n) is 5.11. The number of guanidine groups is 1. The molecule has 1 aliphatic heterocycles. The summed E-state index contributed by atoms with van der Waals surface area (Å²) in [6.45, 7) is 6.33. The van der Waals surface area contributed by atoms with Gasteiger partial charge in [-0.05, 0) is 57.0 Å². The first-order chi connectivity index (χ1) is 13.8. The number of furan rings is 1. The Bertz CT molecular complexity index is 703. The Morgan fingerprint density at radius 3 is 2.55 bits per heavy atom. The number of hydrogen-bond donors (Lipinski definition) is 3. The summed E-state index contributed by atoms with van der Waals surface area (Å²) >= 11 is 0. The number of nitrogens with one attached hydrogen (secondary N) is 2. The second kappa shape index (κ2) is 12.9. The predicted octanol–water partition coefficient (Wildman–Crippen LogP) is 3.71. The van der Waals surface area contributed by atoms with Gasteiger partial charge in [-0.3, -0.25) is 9.89 Å². The Morgan fingerprint density at radius 2 is 1.90 bits per heavy atom. The highest BCUT2D eigenvalue weighted by atomic mass is 127. The van der Waals surface area contributed by atoms with E-state index in [0.717, 1.165) is 36.9 Å². The molecule has 3 N–H and O–H groups in total. The zero-order valence-corrected chi connectivity index (χ0v) is 19.4. The van der Waals surface area contributed by atoms with Crippen LogP contribution in [0, 0.1) is 0 Å². The third kappa shape index (κ3) is 7.31. The third-order valence-corrected chi connectivity index (χ3v) is 5.11. The molecule has 160 valence electrons. The smallest absolute Gasteiger partial charge is 0.191 e. The van der Waals surface area contributed by atoms with Crippen molar-refractivity contribution in [2.24, 2.45) is 4.99 Å². The number of likely N-dealkylation sites (tertiary alicyclic amines) is 1. The van der Waals surface area contributed by atoms with Crippen molar-refractivity contribution in [1.29, 1.82) is 0 Å². The van der Waals surface area contributed by atoms with Crippen LogP contribution in [-0.2, 0) is 0 Å². The van der Waals surface area contributed by atoms with Gasteiger partial charge in [0.15, 0.2) is 5.96 Å². The zero-order valence-electron chi connectivity index (χ0n) is 17.1. The number of aliphatic hydroxyl groups excluding tert-OH is 1. The minimum absolute atomic E-state index is 0. The molecule has 1 saturated heterocycles. The van der Waals surface area contributed by atoms with E-state index >= 15 is 0 Å². The van der Waals surface area contributed by atoms with Gasteiger partial charge in [0, 0.05) is 13.1 Å². The zero-order chi connectivity index (χ0) is 19.6. The lowest BCUT2D eigenvalue weighted by Crippen LogP contribution is -2.39. The van der Waals surface area contributed by atoms with Crippen LogP contribution in [0.2, 0.25) is 0 Å². The van der Waals surface area contributed by atoms with Crippen molar-refractivity contribution >= 4 is 29.9 Å². The molecule has 29 heavy (non-hydrogen) atoms. The first-order valence-corrected chi connectivity index (χ1v) is 10.3. The summed E-state index contributed by atoms with van der Waals surface area (Å²) in [6.07, 6.45) is 4.35. The molecule has 0 aliphatic carbocycles. The van der Waals surface area contributed by atoms with Gasteiger partial charge in [-0.25, -0.2) is 0 Å². The normalized spacial score (nSPS) is 16.8. The lowest BCUT2D eigenvalue weighted by Gasteiger charge is -2.24. The van der Waals surface area contributed by atoms with Gasteiger partial charge in [0.1, 0.15) is 5.76 Å². The van der Waals surface area contributed by atoms with Gasteiger partial charge in [0.2, 0.25) is 0 Å². The summed E-state index contributed by atoms with van der Waals surface area (Å²) in [4.78, 5) is 7.24. The van der Waals surface area contributed by atoms with Crippen LogP contribution in [0.3, 0.4) is 0 Å². The maximum atomic E-state index is 10.3. The average molecular weight is 512 g/mol. The van der Waals surface area contributed by atoms with Crippen molar-refractivity contribution in [2.75, 3.05) is 32.7 Å². The standard InChI is InChI=1S/C22H32N4O2.HI/c1-2-23-22(24-13-12-20(27)18-9-4-3-5-10-18)25-17-19(21-11-8-16-28-21)26-14-6-7-15-26;/h3-5,8-11,16,19-20,27H,2,6-7,12-15,17H2,1H3,(H2,23,24,25);1H. The molecule has 6 nitrogen and oxygen atoms in total. The molecule has 0 saturated carbocycles. The Labute approximate surface area is 190 Å². The summed E-state index contributed by atoms with van der Waals surface area (Å²) in [6, 6.07) is 13.9. The molecule has 0 amide bonds. The summed E-state index contributed by atoms with van der Waals surface area (Å²) in [5.74, 6) is 1.75. The van der Waals surface area contributed by atoms with E-state index in [1.165, 1.54) is 12.8 Å². The second-order valence-electron chi connectivity index (χ2n) is 7.14. The lowest BCUT2D eigenvalue weighted by atomic mass is 10.1. The summed E-state index contributed by atoms with van der Waals surface area (Å²) in [7, 11) is 0. The minimum atomic E-state index is -0.475. The van der Waals surface area contributed by atoms with E-state index in [2.05, 4.69) is 22.5 Å². The molecule has 0 bridgehead atoms. The maximum absolute atomic E-state index is 10.3. The molecule has 1 aliphatic rings. The van der Waals surface area contributed by atoms with E-state index in [9.17, 15) is 5.11 Å². The molecule has 1 fully saturated rings. The molecule has 2 unspecified atom stereocenters. The first kappa shape index (κ1) is 23.7. The van der Waals surface area contributed by atoms with Crippen LogP contribution in [0.25, 0.3) is 0 Å². The van der Waals surface area contributed by atoms with Crippen LogP contribution >= 0.6 is 24.0 Å². The minimum Gasteiger partial charge on any atom is -0.468 e. The predicted molar refractivity (Wildman–Crippen MR) is 128 cm³/mol. The number of hydrogen-bond acceptors (Lipinski definition) is 4. The largest absolute Gasteiger partial charge is 0.468 e. The van der Waals surface area contributed by atoms with E-state index in [1.54, 1.807) is 6.26 Å². The van der Waals surface area contributed by atoms with Crippen LogP contribution in [-0.4, -0.2) is 48.7 Å². The molecule has 3 rings (SSSR count). The Balaban J connectivity index is 0.00000300. The molecular weight excluding hydrogens is 479 g/mol. The molecule has 0 spiro atoms. The van der Waals surface area contributed by atoms with Gasteiger partial charge < -0.3 is 20.2 Å². The van der Waals surface area contributed by atoms with Gasteiger partial charge in [-0.1, -0.05) is 30.3 Å². The Morgan fingerprint density at radius 1 is 1.14 bits per heavy atom. The molecule has 1 aromatic carbocycles. The number of rotatable bonds is 9. The van der Waals surface area contributed by atoms with Crippen molar-refractivity contribution in [3.8, 4) is 0 Å². The SMILES string of the molecule is CCNC(=NCC(c1ccco1)N1CCCC1)NCCC(O)c1ccccc1.I. The summed E-state index contributed by atoms with van der Waals surface area (Å²) < 4.78 is 5.68. The van der Waals surface area contributed by atoms with Crippen molar-refractivity contribution in [3.05, 3.63) is 60.1 Å². The summed E-state index contributed by atoms with van der Waals surface area (Å²) in [5.41, 5.74) is 0.943. The van der Waals surface area contributed by atoms with E-state index in [4.69, 9.17) is 9.41 Å². The fourth-order valence-electron chi connectivity index (χ4n) is 3.61. The molecule has 1 aromatic heterocycles. The number of halogens is 1. The lowest BCUT2D eigenvalue weighted by molar-refractivity contribution is 0.168. The molecule has 2 aromatic rings. The molecule has 0 radical (unpaired) electrons. The van der Waals surface area contributed by atoms with E-state index in [0.29, 0.717) is 19.5 Å². The van der Waals surface area contributed by atoms with Crippen LogP contribution in [0.4, 0.5) is 0 Å². The van der Waals surface area contributed by atoms with Crippen LogP contribution < -0.4 is 10.6 Å².